The van der Waals surface area contributed by atoms with Crippen LogP contribution < -0.4 is 5.32 Å². The Morgan fingerprint density at radius 1 is 1.50 bits per heavy atom. The van der Waals surface area contributed by atoms with E-state index in [-0.39, 0.29) is 0 Å². The number of carbonyl (C=O) groups excluding carboxylic acids is 1. The molecule has 12 heavy (non-hydrogen) atoms. The smallest absolute Gasteiger partial charge is 0.224 e. The molecule has 1 unspecified atom stereocenters. The lowest BCUT2D eigenvalue weighted by atomic mass is 10.2. The number of amides is 1. The molecule has 0 saturated carbocycles. The Balaban J connectivity index is 2.27. The molecule has 3 nitrogen and oxygen atoms in total. The summed E-state index contributed by atoms with van der Waals surface area (Å²) in [7, 11) is 1.89. The van der Waals surface area contributed by atoms with Gasteiger partial charge in [-0.2, -0.15) is 0 Å². The molecule has 1 atom stereocenters. The number of nitrogens with zero attached hydrogens (tertiary/aromatic N) is 1. The molecule has 1 heterocycles. The van der Waals surface area contributed by atoms with Crippen molar-refractivity contribution >= 4 is 5.91 Å². The van der Waals surface area contributed by atoms with E-state index in [0.717, 1.165) is 13.1 Å². The van der Waals surface area contributed by atoms with Crippen LogP contribution in [-0.4, -0.2) is 37.0 Å². The molecular formula is C9H18N2O. The third kappa shape index (κ3) is 2.48. The largest absolute Gasteiger partial charge is 0.343 e. The number of hydrogen-bond donors (Lipinski definition) is 1. The summed E-state index contributed by atoms with van der Waals surface area (Å²) in [6.45, 7) is 3.97. The summed E-state index contributed by atoms with van der Waals surface area (Å²) in [6.07, 6.45) is 3.00. The second-order valence-electron chi connectivity index (χ2n) is 3.48. The number of likely N-dealkylation sites (tertiary alicyclic amines) is 1. The minimum absolute atomic E-state index is 0.300. The molecule has 3 heteroatoms. The lowest BCUT2D eigenvalue weighted by Crippen LogP contribution is -2.33. The first-order valence-corrected chi connectivity index (χ1v) is 4.69. The molecule has 0 bridgehead atoms. The molecule has 1 aliphatic heterocycles. The topological polar surface area (TPSA) is 32.3 Å². The van der Waals surface area contributed by atoms with Gasteiger partial charge in [0.05, 0.1) is 0 Å². The molecule has 0 aromatic heterocycles. The standard InChI is InChI=1S/C9H18N2O/c1-8(10-2)7-9(12)11-5-3-4-6-11/h8,10H,3-7H2,1-2H3. The molecule has 1 N–H and O–H groups in total. The van der Waals surface area contributed by atoms with Gasteiger partial charge in [0.25, 0.3) is 0 Å². The molecular weight excluding hydrogens is 152 g/mol. The summed E-state index contributed by atoms with van der Waals surface area (Å²) in [4.78, 5) is 13.5. The molecule has 0 radical (unpaired) electrons. The van der Waals surface area contributed by atoms with Gasteiger partial charge in [-0.3, -0.25) is 4.79 Å². The fourth-order valence-corrected chi connectivity index (χ4v) is 1.46. The van der Waals surface area contributed by atoms with Crippen LogP contribution in [0.15, 0.2) is 0 Å². The quantitative estimate of drug-likeness (QED) is 0.673. The van der Waals surface area contributed by atoms with E-state index in [0.29, 0.717) is 18.4 Å². The molecule has 0 aromatic rings. The fourth-order valence-electron chi connectivity index (χ4n) is 1.46. The van der Waals surface area contributed by atoms with Crippen LogP contribution in [-0.2, 0) is 4.79 Å². The first-order chi connectivity index (χ1) is 5.74. The number of carbonyl (C=O) groups is 1. The Morgan fingerprint density at radius 2 is 2.08 bits per heavy atom. The maximum atomic E-state index is 11.5. The summed E-state index contributed by atoms with van der Waals surface area (Å²) < 4.78 is 0. The predicted molar refractivity (Wildman–Crippen MR) is 49.0 cm³/mol. The van der Waals surface area contributed by atoms with Gasteiger partial charge in [0.15, 0.2) is 0 Å². The molecule has 1 saturated heterocycles. The van der Waals surface area contributed by atoms with E-state index in [1.807, 2.05) is 18.9 Å². The second kappa shape index (κ2) is 4.45. The van der Waals surface area contributed by atoms with Gasteiger partial charge in [-0.25, -0.2) is 0 Å². The van der Waals surface area contributed by atoms with E-state index >= 15 is 0 Å². The van der Waals surface area contributed by atoms with E-state index in [1.165, 1.54) is 12.8 Å². The van der Waals surface area contributed by atoms with Crippen molar-refractivity contribution in [1.29, 1.82) is 0 Å². The minimum atomic E-state index is 0.300. The van der Waals surface area contributed by atoms with Crippen LogP contribution in [0.25, 0.3) is 0 Å². The normalized spacial score (nSPS) is 19.7. The van der Waals surface area contributed by atoms with Gasteiger partial charge in [0, 0.05) is 25.6 Å². The van der Waals surface area contributed by atoms with Crippen LogP contribution in [0, 0.1) is 0 Å². The molecule has 0 aromatic carbocycles. The molecule has 1 aliphatic rings. The monoisotopic (exact) mass is 170 g/mol. The number of hydrogen-bond acceptors (Lipinski definition) is 2. The maximum Gasteiger partial charge on any atom is 0.224 e. The summed E-state index contributed by atoms with van der Waals surface area (Å²) in [5.41, 5.74) is 0. The first-order valence-electron chi connectivity index (χ1n) is 4.69. The molecule has 70 valence electrons. The highest BCUT2D eigenvalue weighted by molar-refractivity contribution is 5.76. The third-order valence-electron chi connectivity index (χ3n) is 2.43. The molecule has 1 amide bonds. The van der Waals surface area contributed by atoms with Gasteiger partial charge in [-0.1, -0.05) is 0 Å². The van der Waals surface area contributed by atoms with E-state index in [9.17, 15) is 4.79 Å². The van der Waals surface area contributed by atoms with E-state index < -0.39 is 0 Å². The Labute approximate surface area is 74.1 Å². The van der Waals surface area contributed by atoms with Crippen molar-refractivity contribution < 1.29 is 4.79 Å². The van der Waals surface area contributed by atoms with Crippen molar-refractivity contribution in [2.45, 2.75) is 32.2 Å². The van der Waals surface area contributed by atoms with Crippen LogP contribution in [0.2, 0.25) is 0 Å². The summed E-state index contributed by atoms with van der Waals surface area (Å²) in [5, 5.41) is 3.07. The number of rotatable bonds is 3. The zero-order valence-electron chi connectivity index (χ0n) is 7.97. The van der Waals surface area contributed by atoms with Crippen molar-refractivity contribution in [2.75, 3.05) is 20.1 Å². The van der Waals surface area contributed by atoms with Crippen LogP contribution >= 0.6 is 0 Å². The van der Waals surface area contributed by atoms with Crippen molar-refractivity contribution in [3.8, 4) is 0 Å². The Bertz CT molecular complexity index is 153. The lowest BCUT2D eigenvalue weighted by Gasteiger charge is -2.17. The van der Waals surface area contributed by atoms with Gasteiger partial charge in [0.1, 0.15) is 0 Å². The Hall–Kier alpha value is -0.570. The average Bonchev–Trinajstić information content (AvgIpc) is 2.56. The van der Waals surface area contributed by atoms with E-state index in [1.54, 1.807) is 0 Å². The zero-order chi connectivity index (χ0) is 8.97. The summed E-state index contributed by atoms with van der Waals surface area (Å²) >= 11 is 0. The van der Waals surface area contributed by atoms with E-state index in [4.69, 9.17) is 0 Å². The van der Waals surface area contributed by atoms with Gasteiger partial charge in [-0.05, 0) is 26.8 Å². The highest BCUT2D eigenvalue weighted by Crippen LogP contribution is 2.09. The van der Waals surface area contributed by atoms with E-state index in [2.05, 4.69) is 5.32 Å². The van der Waals surface area contributed by atoms with Crippen molar-refractivity contribution in [1.82, 2.24) is 10.2 Å². The highest BCUT2D eigenvalue weighted by Gasteiger charge is 2.18. The predicted octanol–water partition coefficient (Wildman–Crippen LogP) is 0.607. The third-order valence-corrected chi connectivity index (χ3v) is 2.43. The van der Waals surface area contributed by atoms with Gasteiger partial charge < -0.3 is 10.2 Å². The molecule has 0 aliphatic carbocycles. The van der Waals surface area contributed by atoms with Gasteiger partial charge in [0.2, 0.25) is 5.91 Å². The second-order valence-corrected chi connectivity index (χ2v) is 3.48. The molecule has 1 rings (SSSR count). The Kier molecular flexibility index (Phi) is 3.53. The summed E-state index contributed by atoms with van der Waals surface area (Å²) in [6, 6.07) is 0.304. The molecule has 1 fully saturated rings. The Morgan fingerprint density at radius 3 is 2.58 bits per heavy atom. The van der Waals surface area contributed by atoms with Gasteiger partial charge >= 0.3 is 0 Å². The van der Waals surface area contributed by atoms with Crippen LogP contribution in [0.5, 0.6) is 0 Å². The number of nitrogens with one attached hydrogen (secondary N) is 1. The van der Waals surface area contributed by atoms with Gasteiger partial charge in [-0.15, -0.1) is 0 Å². The fraction of sp³-hybridized carbons (Fsp3) is 0.889. The SMILES string of the molecule is CNC(C)CC(=O)N1CCCC1. The average molecular weight is 170 g/mol. The van der Waals surface area contributed by atoms with Crippen molar-refractivity contribution in [3.63, 3.8) is 0 Å². The van der Waals surface area contributed by atoms with Crippen molar-refractivity contribution in [3.05, 3.63) is 0 Å². The minimum Gasteiger partial charge on any atom is -0.343 e. The zero-order valence-corrected chi connectivity index (χ0v) is 7.97. The van der Waals surface area contributed by atoms with Crippen LogP contribution in [0.1, 0.15) is 26.2 Å². The highest BCUT2D eigenvalue weighted by atomic mass is 16.2. The lowest BCUT2D eigenvalue weighted by molar-refractivity contribution is -0.130. The maximum absolute atomic E-state index is 11.5. The van der Waals surface area contributed by atoms with Crippen LogP contribution in [0.3, 0.4) is 0 Å². The summed E-state index contributed by atoms with van der Waals surface area (Å²) in [5.74, 6) is 0.300. The van der Waals surface area contributed by atoms with Crippen LogP contribution in [0.4, 0.5) is 0 Å². The van der Waals surface area contributed by atoms with Crippen molar-refractivity contribution in [2.24, 2.45) is 0 Å². The first kappa shape index (κ1) is 9.52. The molecule has 0 spiro atoms.